The maximum Gasteiger partial charge on any atom is 0.143 e. The summed E-state index contributed by atoms with van der Waals surface area (Å²) in [6.07, 6.45) is 7.91. The fourth-order valence-corrected chi connectivity index (χ4v) is 10.6. The van der Waals surface area contributed by atoms with E-state index in [1.165, 1.54) is 82.6 Å². The molecule has 1 aliphatic rings. The summed E-state index contributed by atoms with van der Waals surface area (Å²) in [4.78, 5) is 2.58. The second kappa shape index (κ2) is 15.1. The molecule has 1 unspecified atom stereocenters. The van der Waals surface area contributed by atoms with Gasteiger partial charge in [-0.25, -0.2) is 0 Å². The predicted octanol–water partition coefficient (Wildman–Crippen LogP) is 16.9. The van der Waals surface area contributed by atoms with E-state index in [1.807, 2.05) is 6.07 Å². The number of para-hydroxylation sites is 6. The summed E-state index contributed by atoms with van der Waals surface area (Å²) >= 11 is 0. The number of hydrogen-bond acceptors (Lipinski definition) is 2. The third kappa shape index (κ3) is 6.04. The number of hydrogen-bond donors (Lipinski definition) is 0. The van der Waals surface area contributed by atoms with Crippen molar-refractivity contribution in [1.29, 1.82) is 0 Å². The summed E-state index contributed by atoms with van der Waals surface area (Å²) < 4.78 is 8.93. The van der Waals surface area contributed by atoms with Crippen molar-refractivity contribution in [2.75, 3.05) is 4.90 Å². The van der Waals surface area contributed by atoms with Crippen molar-refractivity contribution in [2.24, 2.45) is 0 Å². The zero-order valence-electron chi connectivity index (χ0n) is 35.6. The molecule has 2 aromatic heterocycles. The molecule has 0 N–H and O–H groups in total. The highest BCUT2D eigenvalue weighted by Crippen LogP contribution is 2.45. The van der Waals surface area contributed by atoms with Crippen LogP contribution in [0.3, 0.4) is 0 Å². The van der Waals surface area contributed by atoms with Crippen molar-refractivity contribution in [3.05, 3.63) is 242 Å². The van der Waals surface area contributed by atoms with E-state index in [4.69, 9.17) is 4.42 Å². The number of furan rings is 1. The number of fused-ring (bicyclic) bond motifs is 9. The first kappa shape index (κ1) is 37.2. The van der Waals surface area contributed by atoms with Crippen LogP contribution in [0.15, 0.2) is 241 Å². The van der Waals surface area contributed by atoms with Crippen molar-refractivity contribution >= 4 is 82.2 Å². The highest BCUT2D eigenvalue weighted by molar-refractivity contribution is 6.15. The van der Waals surface area contributed by atoms with Gasteiger partial charge >= 0.3 is 0 Å². The lowest BCUT2D eigenvalue weighted by Crippen LogP contribution is -2.30. The zero-order chi connectivity index (χ0) is 42.8. The smallest absolute Gasteiger partial charge is 0.143 e. The molecule has 10 aromatic carbocycles. The van der Waals surface area contributed by atoms with Gasteiger partial charge in [-0.3, -0.25) is 0 Å². The molecule has 0 saturated heterocycles. The predicted molar refractivity (Wildman–Crippen MR) is 274 cm³/mol. The Labute approximate surface area is 377 Å². The number of rotatable bonds is 7. The molecule has 1 aliphatic carbocycles. The highest BCUT2D eigenvalue weighted by Gasteiger charge is 2.26. The molecule has 2 heterocycles. The van der Waals surface area contributed by atoms with Gasteiger partial charge in [0.15, 0.2) is 0 Å². The molecule has 3 heteroatoms. The molecule has 0 bridgehead atoms. The molecular weight excluding hydrogens is 789 g/mol. The van der Waals surface area contributed by atoms with E-state index >= 15 is 0 Å². The van der Waals surface area contributed by atoms with Gasteiger partial charge in [-0.05, 0) is 75.7 Å². The Morgan fingerprint density at radius 1 is 0.431 bits per heavy atom. The van der Waals surface area contributed by atoms with E-state index in [-0.39, 0.29) is 6.04 Å². The minimum atomic E-state index is 0.0386. The Morgan fingerprint density at radius 3 is 1.78 bits per heavy atom. The Hall–Kier alpha value is -8.40. The molecule has 1 atom stereocenters. The van der Waals surface area contributed by atoms with Crippen molar-refractivity contribution < 1.29 is 4.42 Å². The monoisotopic (exact) mass is 830 g/mol. The van der Waals surface area contributed by atoms with Crippen molar-refractivity contribution in [2.45, 2.75) is 12.5 Å². The van der Waals surface area contributed by atoms with Gasteiger partial charge in [-0.1, -0.05) is 200 Å². The summed E-state index contributed by atoms with van der Waals surface area (Å²) in [7, 11) is 0. The highest BCUT2D eigenvalue weighted by atomic mass is 16.3. The van der Waals surface area contributed by atoms with Crippen LogP contribution in [0, 0.1) is 0 Å². The molecule has 12 aromatic rings. The molecule has 0 amide bonds. The standard InChI is InChI=1S/C62H42N2O/c1-2-19-49-41(15-1)35-36-45-16-13-29-59(61(45)49)63(46-39-37-44(38-40-46)50-23-14-24-54-53-22-7-12-30-60(53)65-62(50)54)55-25-8-3-17-47(55)42-31-33-43(34-32-42)48-18-4-9-26-56(48)64-57-27-10-5-20-51(57)52-21-6-11-28-58(52)64/h1-39,46H,40H2. The maximum absolute atomic E-state index is 6.51. The Kier molecular flexibility index (Phi) is 8.67. The van der Waals surface area contributed by atoms with E-state index in [2.05, 4.69) is 240 Å². The minimum absolute atomic E-state index is 0.0386. The Bertz CT molecular complexity index is 3830. The molecule has 65 heavy (non-hydrogen) atoms. The molecular formula is C62H42N2O. The second-order valence-electron chi connectivity index (χ2n) is 17.1. The van der Waals surface area contributed by atoms with Gasteiger partial charge in [0.25, 0.3) is 0 Å². The normalized spacial score (nSPS) is 14.0. The summed E-state index contributed by atoms with van der Waals surface area (Å²) in [5, 5.41) is 9.78. The largest absolute Gasteiger partial charge is 0.455 e. The van der Waals surface area contributed by atoms with E-state index in [9.17, 15) is 0 Å². The summed E-state index contributed by atoms with van der Waals surface area (Å²) in [5.41, 5.74) is 14.8. The van der Waals surface area contributed by atoms with Crippen LogP contribution in [0.4, 0.5) is 11.4 Å². The first-order valence-electron chi connectivity index (χ1n) is 22.5. The van der Waals surface area contributed by atoms with Gasteiger partial charge < -0.3 is 13.9 Å². The zero-order valence-corrected chi connectivity index (χ0v) is 35.6. The van der Waals surface area contributed by atoms with E-state index in [1.54, 1.807) is 0 Å². The van der Waals surface area contributed by atoms with Crippen molar-refractivity contribution in [1.82, 2.24) is 4.57 Å². The lowest BCUT2D eigenvalue weighted by Gasteiger charge is -2.36. The summed E-state index contributed by atoms with van der Waals surface area (Å²) in [5.74, 6) is 0. The van der Waals surface area contributed by atoms with Gasteiger partial charge in [0, 0.05) is 49.3 Å². The van der Waals surface area contributed by atoms with Crippen LogP contribution in [0.5, 0.6) is 0 Å². The molecule has 13 rings (SSSR count). The van der Waals surface area contributed by atoms with Crippen LogP contribution >= 0.6 is 0 Å². The molecule has 0 aliphatic heterocycles. The van der Waals surface area contributed by atoms with Gasteiger partial charge in [0.1, 0.15) is 11.2 Å². The average molecular weight is 831 g/mol. The van der Waals surface area contributed by atoms with Gasteiger partial charge in [-0.15, -0.1) is 0 Å². The number of allylic oxidation sites excluding steroid dienone is 2. The topological polar surface area (TPSA) is 21.3 Å². The van der Waals surface area contributed by atoms with Crippen LogP contribution in [-0.2, 0) is 0 Å². The van der Waals surface area contributed by atoms with Crippen molar-refractivity contribution in [3.8, 4) is 27.9 Å². The summed E-state index contributed by atoms with van der Waals surface area (Å²) in [6, 6.07) is 79.3. The van der Waals surface area contributed by atoms with Gasteiger partial charge in [0.2, 0.25) is 0 Å². The first-order chi connectivity index (χ1) is 32.3. The number of benzene rings is 10. The molecule has 0 fully saturated rings. The fourth-order valence-electron chi connectivity index (χ4n) is 10.6. The minimum Gasteiger partial charge on any atom is -0.455 e. The van der Waals surface area contributed by atoms with Crippen LogP contribution in [0.2, 0.25) is 0 Å². The number of anilines is 2. The fraction of sp³-hybridized carbons (Fsp3) is 0.0323. The Balaban J connectivity index is 0.933. The molecule has 0 radical (unpaired) electrons. The van der Waals surface area contributed by atoms with Crippen LogP contribution in [0.1, 0.15) is 12.0 Å². The maximum atomic E-state index is 6.51. The molecule has 0 spiro atoms. The van der Waals surface area contributed by atoms with E-state index in [0.717, 1.165) is 39.6 Å². The first-order valence-corrected chi connectivity index (χ1v) is 22.5. The van der Waals surface area contributed by atoms with Crippen molar-refractivity contribution in [3.63, 3.8) is 0 Å². The lowest BCUT2D eigenvalue weighted by atomic mass is 9.92. The third-order valence-electron chi connectivity index (χ3n) is 13.5. The van der Waals surface area contributed by atoms with Gasteiger partial charge in [-0.2, -0.15) is 0 Å². The average Bonchev–Trinajstić information content (AvgIpc) is 3.93. The molecule has 0 saturated carbocycles. The van der Waals surface area contributed by atoms with Crippen LogP contribution in [-0.4, -0.2) is 10.6 Å². The SMILES string of the molecule is C1=CC(N(c2ccccc2-c2ccc(-c3ccccc3-n3c4ccccc4c4ccccc43)cc2)c2cccc3ccc4ccccc4c23)CC=C1c1cccc2c1oc1ccccc12. The number of nitrogens with zero attached hydrogens (tertiary/aromatic N) is 2. The molecule has 306 valence electrons. The van der Waals surface area contributed by atoms with Crippen LogP contribution in [0.25, 0.3) is 98.8 Å². The quantitative estimate of drug-likeness (QED) is 0.149. The Morgan fingerprint density at radius 2 is 1.00 bits per heavy atom. The summed E-state index contributed by atoms with van der Waals surface area (Å²) in [6.45, 7) is 0. The van der Waals surface area contributed by atoms with Crippen LogP contribution < -0.4 is 4.90 Å². The van der Waals surface area contributed by atoms with E-state index < -0.39 is 0 Å². The van der Waals surface area contributed by atoms with Gasteiger partial charge in [0.05, 0.1) is 28.5 Å². The molecule has 3 nitrogen and oxygen atoms in total. The lowest BCUT2D eigenvalue weighted by molar-refractivity contribution is 0.667. The number of aromatic nitrogens is 1. The third-order valence-corrected chi connectivity index (χ3v) is 13.5. The second-order valence-corrected chi connectivity index (χ2v) is 17.1. The van der Waals surface area contributed by atoms with E-state index in [0.29, 0.717) is 0 Å².